The summed E-state index contributed by atoms with van der Waals surface area (Å²) in [4.78, 5) is 2.26. The minimum absolute atomic E-state index is 0.193. The maximum atomic E-state index is 5.95. The van der Waals surface area contributed by atoms with Crippen molar-refractivity contribution in [2.75, 3.05) is 13.6 Å². The lowest BCUT2D eigenvalue weighted by Crippen LogP contribution is -2.30. The molecule has 0 aliphatic rings. The lowest BCUT2D eigenvalue weighted by atomic mass is 10.1. The van der Waals surface area contributed by atoms with Gasteiger partial charge in [-0.3, -0.25) is 9.58 Å². The smallest absolute Gasteiger partial charge is 0.0538 e. The molecule has 1 atom stereocenters. The normalized spacial score (nSPS) is 12.8. The first kappa shape index (κ1) is 15.2. The molecular weight excluding hydrogens is 316 g/mol. The van der Waals surface area contributed by atoms with Gasteiger partial charge in [-0.15, -0.1) is 0 Å². The Labute approximate surface area is 128 Å². The Balaban J connectivity index is 2.08. The standard InChI is InChI=1S/C15H21BrN4/c1-3-20-11-13(9-18-20)15(8-17)19(2)10-12-4-6-14(16)7-5-12/h4-7,9,11,15H,3,8,10,17H2,1-2H3. The lowest BCUT2D eigenvalue weighted by Gasteiger charge is -2.26. The van der Waals surface area contributed by atoms with Crippen molar-refractivity contribution in [3.63, 3.8) is 0 Å². The van der Waals surface area contributed by atoms with Crippen molar-refractivity contribution in [2.45, 2.75) is 26.1 Å². The van der Waals surface area contributed by atoms with Crippen LogP contribution in [0.15, 0.2) is 41.1 Å². The summed E-state index contributed by atoms with van der Waals surface area (Å²) >= 11 is 3.46. The molecule has 2 rings (SSSR count). The summed E-state index contributed by atoms with van der Waals surface area (Å²) in [6.45, 7) is 4.42. The molecular formula is C15H21BrN4. The van der Waals surface area contributed by atoms with E-state index in [1.165, 1.54) is 11.1 Å². The first-order valence-electron chi connectivity index (χ1n) is 6.81. The van der Waals surface area contributed by atoms with Crippen LogP contribution in [-0.2, 0) is 13.1 Å². The van der Waals surface area contributed by atoms with Crippen molar-refractivity contribution in [2.24, 2.45) is 5.73 Å². The van der Waals surface area contributed by atoms with Crippen molar-refractivity contribution in [1.29, 1.82) is 0 Å². The zero-order valence-corrected chi connectivity index (χ0v) is 13.5. The summed E-state index contributed by atoms with van der Waals surface area (Å²) in [5, 5.41) is 4.33. The van der Waals surface area contributed by atoms with Crippen molar-refractivity contribution in [1.82, 2.24) is 14.7 Å². The van der Waals surface area contributed by atoms with Gasteiger partial charge in [0.2, 0.25) is 0 Å². The second-order valence-electron chi connectivity index (χ2n) is 4.92. The van der Waals surface area contributed by atoms with Crippen LogP contribution in [-0.4, -0.2) is 28.3 Å². The fraction of sp³-hybridized carbons (Fsp3) is 0.400. The van der Waals surface area contributed by atoms with E-state index in [9.17, 15) is 0 Å². The molecule has 20 heavy (non-hydrogen) atoms. The molecule has 1 unspecified atom stereocenters. The molecule has 0 radical (unpaired) electrons. The van der Waals surface area contributed by atoms with Crippen molar-refractivity contribution in [3.8, 4) is 0 Å². The van der Waals surface area contributed by atoms with Crippen molar-refractivity contribution < 1.29 is 0 Å². The van der Waals surface area contributed by atoms with E-state index in [0.717, 1.165) is 17.6 Å². The van der Waals surface area contributed by atoms with E-state index in [1.807, 2.05) is 10.9 Å². The van der Waals surface area contributed by atoms with E-state index in [-0.39, 0.29) is 6.04 Å². The van der Waals surface area contributed by atoms with E-state index >= 15 is 0 Å². The molecule has 0 saturated heterocycles. The molecule has 1 aromatic heterocycles. The highest BCUT2D eigenvalue weighted by atomic mass is 79.9. The molecule has 0 bridgehead atoms. The average molecular weight is 337 g/mol. The van der Waals surface area contributed by atoms with E-state index in [4.69, 9.17) is 5.73 Å². The van der Waals surface area contributed by atoms with Gasteiger partial charge in [-0.05, 0) is 31.7 Å². The zero-order chi connectivity index (χ0) is 14.5. The molecule has 1 heterocycles. The minimum Gasteiger partial charge on any atom is -0.329 e. The Morgan fingerprint density at radius 2 is 2.05 bits per heavy atom. The molecule has 0 aliphatic heterocycles. The lowest BCUT2D eigenvalue weighted by molar-refractivity contribution is 0.241. The number of nitrogens with zero attached hydrogens (tertiary/aromatic N) is 3. The van der Waals surface area contributed by atoms with Gasteiger partial charge in [0, 0.05) is 35.9 Å². The van der Waals surface area contributed by atoms with Crippen LogP contribution in [0.4, 0.5) is 0 Å². The zero-order valence-electron chi connectivity index (χ0n) is 12.0. The van der Waals surface area contributed by atoms with Crippen molar-refractivity contribution in [3.05, 3.63) is 52.3 Å². The fourth-order valence-corrected chi connectivity index (χ4v) is 2.55. The van der Waals surface area contributed by atoms with Crippen LogP contribution < -0.4 is 5.73 Å². The highest BCUT2D eigenvalue weighted by molar-refractivity contribution is 9.10. The highest BCUT2D eigenvalue weighted by Crippen LogP contribution is 2.20. The Morgan fingerprint density at radius 3 is 2.60 bits per heavy atom. The molecule has 2 aromatic rings. The molecule has 0 fully saturated rings. The number of rotatable bonds is 6. The largest absolute Gasteiger partial charge is 0.329 e. The number of hydrogen-bond donors (Lipinski definition) is 1. The third kappa shape index (κ3) is 3.69. The Bertz CT molecular complexity index is 535. The summed E-state index contributed by atoms with van der Waals surface area (Å²) in [5.41, 5.74) is 8.40. The van der Waals surface area contributed by atoms with Crippen LogP contribution in [0.1, 0.15) is 24.1 Å². The second-order valence-corrected chi connectivity index (χ2v) is 5.84. The third-order valence-electron chi connectivity index (χ3n) is 3.46. The fourth-order valence-electron chi connectivity index (χ4n) is 2.28. The maximum Gasteiger partial charge on any atom is 0.0538 e. The number of likely N-dealkylation sites (N-methyl/N-ethyl adjacent to an activating group) is 1. The summed E-state index contributed by atoms with van der Waals surface area (Å²) in [6, 6.07) is 8.58. The quantitative estimate of drug-likeness (QED) is 0.882. The van der Waals surface area contributed by atoms with Crippen LogP contribution >= 0.6 is 15.9 Å². The SMILES string of the molecule is CCn1cc(C(CN)N(C)Cc2ccc(Br)cc2)cn1. The van der Waals surface area contributed by atoms with E-state index < -0.39 is 0 Å². The number of hydrogen-bond acceptors (Lipinski definition) is 3. The molecule has 0 aliphatic carbocycles. The molecule has 1 aromatic carbocycles. The minimum atomic E-state index is 0.193. The van der Waals surface area contributed by atoms with Gasteiger partial charge >= 0.3 is 0 Å². The molecule has 4 nitrogen and oxygen atoms in total. The van der Waals surface area contributed by atoms with Gasteiger partial charge in [0.05, 0.1) is 12.2 Å². The number of halogens is 1. The van der Waals surface area contributed by atoms with Gasteiger partial charge in [0.25, 0.3) is 0 Å². The van der Waals surface area contributed by atoms with Crippen LogP contribution in [0.25, 0.3) is 0 Å². The van der Waals surface area contributed by atoms with E-state index in [2.05, 4.69) is 70.4 Å². The van der Waals surface area contributed by atoms with Gasteiger partial charge in [-0.25, -0.2) is 0 Å². The predicted molar refractivity (Wildman–Crippen MR) is 85.3 cm³/mol. The topological polar surface area (TPSA) is 47.1 Å². The van der Waals surface area contributed by atoms with Crippen LogP contribution in [0.2, 0.25) is 0 Å². The van der Waals surface area contributed by atoms with E-state index in [0.29, 0.717) is 6.54 Å². The molecule has 0 saturated carbocycles. The average Bonchev–Trinajstić information content (AvgIpc) is 2.91. The highest BCUT2D eigenvalue weighted by Gasteiger charge is 2.17. The maximum absolute atomic E-state index is 5.95. The molecule has 5 heteroatoms. The Hall–Kier alpha value is -1.17. The Kier molecular flexibility index (Phi) is 5.34. The van der Waals surface area contributed by atoms with Gasteiger partial charge in [0.1, 0.15) is 0 Å². The second kappa shape index (κ2) is 7.02. The number of aromatic nitrogens is 2. The first-order valence-corrected chi connectivity index (χ1v) is 7.60. The van der Waals surface area contributed by atoms with Gasteiger partial charge in [-0.2, -0.15) is 5.10 Å². The van der Waals surface area contributed by atoms with Gasteiger partial charge < -0.3 is 5.73 Å². The van der Waals surface area contributed by atoms with Gasteiger partial charge in [-0.1, -0.05) is 28.1 Å². The first-order chi connectivity index (χ1) is 9.63. The van der Waals surface area contributed by atoms with Crippen LogP contribution in [0.5, 0.6) is 0 Å². The summed E-state index contributed by atoms with van der Waals surface area (Å²) in [6.07, 6.45) is 3.99. The summed E-state index contributed by atoms with van der Waals surface area (Å²) in [5.74, 6) is 0. The van der Waals surface area contributed by atoms with Crippen LogP contribution in [0.3, 0.4) is 0 Å². The predicted octanol–water partition coefficient (Wildman–Crippen LogP) is 2.80. The molecule has 2 N–H and O–H groups in total. The monoisotopic (exact) mass is 336 g/mol. The number of nitrogens with two attached hydrogens (primary N) is 1. The molecule has 108 valence electrons. The summed E-state index contributed by atoms with van der Waals surface area (Å²) < 4.78 is 3.04. The molecule has 0 amide bonds. The summed E-state index contributed by atoms with van der Waals surface area (Å²) in [7, 11) is 2.10. The Morgan fingerprint density at radius 1 is 1.35 bits per heavy atom. The van der Waals surface area contributed by atoms with Crippen LogP contribution in [0, 0.1) is 0 Å². The molecule has 0 spiro atoms. The third-order valence-corrected chi connectivity index (χ3v) is 3.99. The van der Waals surface area contributed by atoms with Crippen molar-refractivity contribution >= 4 is 15.9 Å². The van der Waals surface area contributed by atoms with E-state index in [1.54, 1.807) is 0 Å². The number of benzene rings is 1. The number of aryl methyl sites for hydroxylation is 1. The van der Waals surface area contributed by atoms with Gasteiger partial charge in [0.15, 0.2) is 0 Å².